The minimum absolute atomic E-state index is 0.0406. The largest absolute Gasteiger partial charge is 0.316 e. The molecule has 0 aromatic heterocycles. The van der Waals surface area contributed by atoms with Crippen LogP contribution in [-0.4, -0.2) is 18.7 Å². The van der Waals surface area contributed by atoms with Gasteiger partial charge < -0.3 is 5.32 Å². The Morgan fingerprint density at radius 2 is 2.00 bits per heavy atom. The summed E-state index contributed by atoms with van der Waals surface area (Å²) >= 11 is 0. The van der Waals surface area contributed by atoms with Crippen LogP contribution >= 0.6 is 0 Å². The molecule has 94 valence electrons. The van der Waals surface area contributed by atoms with Crippen molar-refractivity contribution in [2.24, 2.45) is 0 Å². The van der Waals surface area contributed by atoms with Gasteiger partial charge in [0.05, 0.1) is 6.04 Å². The van der Waals surface area contributed by atoms with Crippen molar-refractivity contribution in [2.45, 2.75) is 38.3 Å². The summed E-state index contributed by atoms with van der Waals surface area (Å²) in [5, 5.41) is 4.13. The molecule has 1 saturated heterocycles. The lowest BCUT2D eigenvalue weighted by molar-refractivity contribution is -0.0205. The summed E-state index contributed by atoms with van der Waals surface area (Å²) in [6.45, 7) is 1.44. The molecule has 1 unspecified atom stereocenters. The summed E-state index contributed by atoms with van der Waals surface area (Å²) in [5.74, 6) is 0. The summed E-state index contributed by atoms with van der Waals surface area (Å²) in [7, 11) is 1.93. The highest BCUT2D eigenvalue weighted by Crippen LogP contribution is 2.30. The topological polar surface area (TPSA) is 15.3 Å². The minimum Gasteiger partial charge on any atom is -0.316 e. The fourth-order valence-electron chi connectivity index (χ4n) is 2.46. The van der Waals surface area contributed by atoms with Crippen LogP contribution in [0.15, 0.2) is 24.3 Å². The van der Waals surface area contributed by atoms with Crippen molar-refractivity contribution in [3.63, 3.8) is 0 Å². The van der Waals surface area contributed by atoms with Gasteiger partial charge in [-0.05, 0) is 31.0 Å². The highest BCUT2D eigenvalue weighted by atomic mass is 19.2. The molecule has 1 fully saturated rings. The molecule has 2 nitrogen and oxygen atoms in total. The van der Waals surface area contributed by atoms with Crippen molar-refractivity contribution in [1.29, 1.82) is 0 Å². The van der Waals surface area contributed by atoms with E-state index in [2.05, 4.69) is 29.6 Å². The number of benzene rings is 1. The molecule has 0 bridgehead atoms. The number of hydrogen-bond donors (Lipinski definition) is 1. The van der Waals surface area contributed by atoms with Crippen LogP contribution in [0, 0.1) is 0 Å². The van der Waals surface area contributed by atoms with Crippen LogP contribution in [0.3, 0.4) is 0 Å². The summed E-state index contributed by atoms with van der Waals surface area (Å²) in [6, 6.07) is 8.26. The Morgan fingerprint density at radius 3 is 2.71 bits per heavy atom. The number of nitrogens with zero attached hydrogens (tertiary/aromatic N) is 1. The van der Waals surface area contributed by atoms with Crippen LogP contribution in [0.4, 0.5) is 4.48 Å². The van der Waals surface area contributed by atoms with Crippen LogP contribution in [0.25, 0.3) is 0 Å². The van der Waals surface area contributed by atoms with Crippen LogP contribution < -0.4 is 5.32 Å². The summed E-state index contributed by atoms with van der Waals surface area (Å²) < 4.78 is 13.9. The monoisotopic (exact) mass is 236 g/mol. The van der Waals surface area contributed by atoms with E-state index in [9.17, 15) is 4.48 Å². The molecular weight excluding hydrogens is 215 g/mol. The maximum atomic E-state index is 13.9. The van der Waals surface area contributed by atoms with Crippen molar-refractivity contribution >= 4 is 0 Å². The Kier molecular flexibility index (Phi) is 4.51. The molecule has 1 aliphatic heterocycles. The maximum absolute atomic E-state index is 13.9. The van der Waals surface area contributed by atoms with Crippen LogP contribution in [0.5, 0.6) is 0 Å². The molecule has 0 radical (unpaired) electrons. The van der Waals surface area contributed by atoms with Gasteiger partial charge in [-0.1, -0.05) is 37.1 Å². The minimum atomic E-state index is -0.0406. The van der Waals surface area contributed by atoms with E-state index >= 15 is 0 Å². The summed E-state index contributed by atoms with van der Waals surface area (Å²) in [4.78, 5) is 0. The van der Waals surface area contributed by atoms with E-state index in [1.165, 1.54) is 5.56 Å². The van der Waals surface area contributed by atoms with Crippen LogP contribution in [0.2, 0.25) is 0 Å². The zero-order chi connectivity index (χ0) is 12.1. The number of nitrogens with one attached hydrogen (secondary N) is 1. The molecule has 1 aliphatic rings. The molecule has 1 aromatic carbocycles. The molecule has 0 saturated carbocycles. The number of rotatable bonds is 3. The van der Waals surface area contributed by atoms with Gasteiger partial charge in [-0.2, -0.15) is 0 Å². The first-order valence-electron chi connectivity index (χ1n) is 6.47. The van der Waals surface area contributed by atoms with E-state index in [1.54, 1.807) is 0 Å². The smallest absolute Gasteiger partial charge is 0.0651 e. The van der Waals surface area contributed by atoms with Gasteiger partial charge in [0.1, 0.15) is 0 Å². The third kappa shape index (κ3) is 3.27. The van der Waals surface area contributed by atoms with Crippen molar-refractivity contribution in [3.05, 3.63) is 35.4 Å². The van der Waals surface area contributed by atoms with Crippen LogP contribution in [-0.2, 0) is 6.54 Å². The standard InChI is InChI=1S/C14H21FN2/c1-16-11-12-6-8-13(9-7-12)14-5-3-2-4-10-17(14)15/h6-9,14,16H,2-5,10-11H2,1H3. The van der Waals surface area contributed by atoms with E-state index in [-0.39, 0.29) is 6.04 Å². The van der Waals surface area contributed by atoms with Crippen molar-refractivity contribution in [2.75, 3.05) is 13.6 Å². The summed E-state index contributed by atoms with van der Waals surface area (Å²) in [5.41, 5.74) is 2.35. The van der Waals surface area contributed by atoms with Gasteiger partial charge in [0.15, 0.2) is 0 Å². The van der Waals surface area contributed by atoms with Crippen LogP contribution in [0.1, 0.15) is 42.9 Å². The molecule has 1 atom stereocenters. The summed E-state index contributed by atoms with van der Waals surface area (Å²) in [6.07, 6.45) is 4.19. The van der Waals surface area contributed by atoms with Crippen molar-refractivity contribution in [3.8, 4) is 0 Å². The van der Waals surface area contributed by atoms with Crippen molar-refractivity contribution < 1.29 is 4.48 Å². The molecule has 0 aliphatic carbocycles. The van der Waals surface area contributed by atoms with E-state index in [4.69, 9.17) is 0 Å². The van der Waals surface area contributed by atoms with Gasteiger partial charge >= 0.3 is 0 Å². The first kappa shape index (κ1) is 12.5. The van der Waals surface area contributed by atoms with Crippen molar-refractivity contribution in [1.82, 2.24) is 10.4 Å². The fraction of sp³-hybridized carbons (Fsp3) is 0.571. The van der Waals surface area contributed by atoms with E-state index < -0.39 is 0 Å². The molecule has 2 rings (SSSR count). The van der Waals surface area contributed by atoms with E-state index in [1.807, 2.05) is 7.05 Å². The molecule has 17 heavy (non-hydrogen) atoms. The van der Waals surface area contributed by atoms with Gasteiger partial charge in [0.25, 0.3) is 0 Å². The van der Waals surface area contributed by atoms with Gasteiger partial charge in [0.2, 0.25) is 0 Å². The maximum Gasteiger partial charge on any atom is 0.0651 e. The number of halogens is 1. The second-order valence-electron chi connectivity index (χ2n) is 4.76. The van der Waals surface area contributed by atoms with Gasteiger partial charge in [-0.25, -0.2) is 0 Å². The molecule has 1 heterocycles. The Bertz CT molecular complexity index is 337. The first-order valence-corrected chi connectivity index (χ1v) is 6.47. The average Bonchev–Trinajstić information content (AvgIpc) is 2.56. The van der Waals surface area contributed by atoms with Gasteiger partial charge in [0, 0.05) is 13.1 Å². The molecule has 0 spiro atoms. The lowest BCUT2D eigenvalue weighted by Crippen LogP contribution is -2.19. The normalized spacial score (nSPS) is 22.4. The van der Waals surface area contributed by atoms with Gasteiger partial charge in [-0.15, -0.1) is 9.60 Å². The highest BCUT2D eigenvalue weighted by molar-refractivity contribution is 5.25. The molecule has 1 aromatic rings. The second-order valence-corrected chi connectivity index (χ2v) is 4.76. The Morgan fingerprint density at radius 1 is 1.24 bits per heavy atom. The average molecular weight is 236 g/mol. The highest BCUT2D eigenvalue weighted by Gasteiger charge is 2.22. The molecule has 0 amide bonds. The Hall–Kier alpha value is -0.930. The SMILES string of the molecule is CNCc1ccc(C2CCCCCN2F)cc1. The predicted octanol–water partition coefficient (Wildman–Crippen LogP) is 3.21. The fourth-order valence-corrected chi connectivity index (χ4v) is 2.46. The van der Waals surface area contributed by atoms with E-state index in [0.717, 1.165) is 42.9 Å². The predicted molar refractivity (Wildman–Crippen MR) is 68.2 cm³/mol. The number of hydrogen-bond acceptors (Lipinski definition) is 2. The second kappa shape index (κ2) is 6.12. The Labute approximate surface area is 103 Å². The van der Waals surface area contributed by atoms with E-state index in [0.29, 0.717) is 6.54 Å². The molecule has 1 N–H and O–H groups in total. The molecular formula is C14H21FN2. The third-order valence-corrected chi connectivity index (χ3v) is 3.43. The first-order chi connectivity index (χ1) is 8.31. The lowest BCUT2D eigenvalue weighted by Gasteiger charge is -2.21. The quantitative estimate of drug-likeness (QED) is 0.811. The zero-order valence-electron chi connectivity index (χ0n) is 10.5. The third-order valence-electron chi connectivity index (χ3n) is 3.43. The zero-order valence-corrected chi connectivity index (χ0v) is 10.5. The lowest BCUT2D eigenvalue weighted by atomic mass is 10.0. The molecule has 3 heteroatoms. The van der Waals surface area contributed by atoms with Gasteiger partial charge in [-0.3, -0.25) is 0 Å². The Balaban J connectivity index is 2.09.